The van der Waals surface area contributed by atoms with Crippen LogP contribution < -0.4 is 0 Å². The van der Waals surface area contributed by atoms with Gasteiger partial charge in [0.25, 0.3) is 0 Å². The van der Waals surface area contributed by atoms with Gasteiger partial charge in [-0.15, -0.1) is 21.8 Å². The van der Waals surface area contributed by atoms with Crippen molar-refractivity contribution < 1.29 is 13.2 Å². The predicted octanol–water partition coefficient (Wildman–Crippen LogP) is 3.11. The van der Waals surface area contributed by atoms with Crippen LogP contribution >= 0.6 is 11.6 Å². The van der Waals surface area contributed by atoms with Crippen molar-refractivity contribution in [3.8, 4) is 0 Å². The van der Waals surface area contributed by atoms with Gasteiger partial charge >= 0.3 is 0 Å². The summed E-state index contributed by atoms with van der Waals surface area (Å²) in [7, 11) is 0. The number of nitrogens with zero attached hydrogens (tertiary/aromatic N) is 2. The molecule has 3 nitrogen and oxygen atoms in total. The number of hydrogen-bond donors (Lipinski definition) is 0. The lowest BCUT2D eigenvalue weighted by atomic mass is 10.1. The number of aryl methyl sites for hydroxylation is 1. The van der Waals surface area contributed by atoms with E-state index in [1.165, 1.54) is 6.07 Å². The molecule has 0 N–H and O–H groups in total. The van der Waals surface area contributed by atoms with Crippen LogP contribution in [0.4, 0.5) is 8.78 Å². The van der Waals surface area contributed by atoms with Crippen LogP contribution in [0.5, 0.6) is 0 Å². The van der Waals surface area contributed by atoms with Crippen molar-refractivity contribution in [3.63, 3.8) is 0 Å². The molecule has 0 aliphatic rings. The molecule has 0 radical (unpaired) electrons. The molecule has 0 atom stereocenters. The molecule has 1 aromatic carbocycles. The molecule has 2 rings (SSSR count). The largest absolute Gasteiger partial charge is 0.425 e. The number of benzene rings is 1. The van der Waals surface area contributed by atoms with Crippen molar-refractivity contribution in [3.05, 3.63) is 47.2 Å². The highest BCUT2D eigenvalue weighted by Gasteiger charge is 2.09. The summed E-state index contributed by atoms with van der Waals surface area (Å²) in [5, 5.41) is 7.69. The van der Waals surface area contributed by atoms with Gasteiger partial charge in [0.15, 0.2) is 11.6 Å². The first-order valence-corrected chi connectivity index (χ1v) is 6.03. The molecule has 0 bridgehead atoms. The SMILES string of the molecule is Fc1ccc(Cc2nnc(CCCCl)o2)cc1F. The first kappa shape index (κ1) is 13.0. The van der Waals surface area contributed by atoms with Crippen molar-refractivity contribution >= 4 is 11.6 Å². The van der Waals surface area contributed by atoms with E-state index in [0.29, 0.717) is 29.6 Å². The fraction of sp³-hybridized carbons (Fsp3) is 0.333. The smallest absolute Gasteiger partial charge is 0.220 e. The molecule has 18 heavy (non-hydrogen) atoms. The van der Waals surface area contributed by atoms with E-state index in [-0.39, 0.29) is 6.42 Å². The van der Waals surface area contributed by atoms with Gasteiger partial charge in [-0.05, 0) is 24.1 Å². The maximum Gasteiger partial charge on any atom is 0.220 e. The summed E-state index contributed by atoms with van der Waals surface area (Å²) >= 11 is 5.55. The number of rotatable bonds is 5. The standard InChI is InChI=1S/C12H11ClF2N2O/c13-5-1-2-11-16-17-12(18-11)7-8-3-4-9(14)10(15)6-8/h3-4,6H,1-2,5,7H2. The minimum Gasteiger partial charge on any atom is -0.425 e. The fourth-order valence-electron chi connectivity index (χ4n) is 1.50. The second-order valence-corrected chi connectivity index (χ2v) is 4.19. The van der Waals surface area contributed by atoms with Crippen molar-refractivity contribution in [1.82, 2.24) is 10.2 Å². The number of halogens is 3. The molecule has 0 unspecified atom stereocenters. The van der Waals surface area contributed by atoms with Gasteiger partial charge < -0.3 is 4.42 Å². The Labute approximate surface area is 108 Å². The van der Waals surface area contributed by atoms with E-state index in [1.54, 1.807) is 0 Å². The van der Waals surface area contributed by atoms with E-state index in [0.717, 1.165) is 18.6 Å². The van der Waals surface area contributed by atoms with Crippen LogP contribution in [0.25, 0.3) is 0 Å². The van der Waals surface area contributed by atoms with E-state index in [2.05, 4.69) is 10.2 Å². The van der Waals surface area contributed by atoms with Gasteiger partial charge in [0.2, 0.25) is 11.8 Å². The van der Waals surface area contributed by atoms with Crippen LogP contribution in [0.2, 0.25) is 0 Å². The lowest BCUT2D eigenvalue weighted by Crippen LogP contribution is -1.91. The summed E-state index contributed by atoms with van der Waals surface area (Å²) in [6.07, 6.45) is 1.66. The zero-order valence-electron chi connectivity index (χ0n) is 9.50. The number of hydrogen-bond acceptors (Lipinski definition) is 3. The Morgan fingerprint density at radius 3 is 2.61 bits per heavy atom. The highest BCUT2D eigenvalue weighted by atomic mass is 35.5. The highest BCUT2D eigenvalue weighted by Crippen LogP contribution is 2.13. The first-order valence-electron chi connectivity index (χ1n) is 5.50. The molecule has 0 saturated heterocycles. The summed E-state index contributed by atoms with van der Waals surface area (Å²) in [6.45, 7) is 0. The van der Waals surface area contributed by atoms with Crippen molar-refractivity contribution in [2.75, 3.05) is 5.88 Å². The first-order chi connectivity index (χ1) is 8.69. The zero-order chi connectivity index (χ0) is 13.0. The van der Waals surface area contributed by atoms with E-state index in [9.17, 15) is 8.78 Å². The van der Waals surface area contributed by atoms with Gasteiger partial charge in [0.05, 0.1) is 6.42 Å². The van der Waals surface area contributed by atoms with Crippen LogP contribution in [-0.4, -0.2) is 16.1 Å². The highest BCUT2D eigenvalue weighted by molar-refractivity contribution is 6.17. The number of aromatic nitrogens is 2. The molecule has 6 heteroatoms. The second-order valence-electron chi connectivity index (χ2n) is 3.81. The Hall–Kier alpha value is -1.49. The lowest BCUT2D eigenvalue weighted by molar-refractivity contribution is 0.454. The summed E-state index contributed by atoms with van der Waals surface area (Å²) in [5.41, 5.74) is 0.585. The Balaban J connectivity index is 2.04. The van der Waals surface area contributed by atoms with Gasteiger partial charge in [-0.25, -0.2) is 8.78 Å². The molecule has 1 heterocycles. The molecular formula is C12H11ClF2N2O. The number of alkyl halides is 1. The molecule has 0 amide bonds. The van der Waals surface area contributed by atoms with Crippen LogP contribution in [0.3, 0.4) is 0 Å². The zero-order valence-corrected chi connectivity index (χ0v) is 10.3. The summed E-state index contributed by atoms with van der Waals surface area (Å²) in [5.74, 6) is -0.332. The molecule has 0 spiro atoms. The summed E-state index contributed by atoms with van der Waals surface area (Å²) in [4.78, 5) is 0. The third-order valence-corrected chi connectivity index (χ3v) is 2.64. The quantitative estimate of drug-likeness (QED) is 0.785. The predicted molar refractivity (Wildman–Crippen MR) is 62.5 cm³/mol. The van der Waals surface area contributed by atoms with Gasteiger partial charge in [-0.2, -0.15) is 0 Å². The monoisotopic (exact) mass is 272 g/mol. The van der Waals surface area contributed by atoms with Gasteiger partial charge in [-0.3, -0.25) is 0 Å². The third-order valence-electron chi connectivity index (χ3n) is 2.37. The molecule has 0 saturated carbocycles. The van der Waals surface area contributed by atoms with E-state index in [4.69, 9.17) is 16.0 Å². The Morgan fingerprint density at radius 1 is 1.11 bits per heavy atom. The Bertz CT molecular complexity index is 531. The molecule has 0 fully saturated rings. The maximum atomic E-state index is 13.0. The van der Waals surface area contributed by atoms with Crippen LogP contribution in [-0.2, 0) is 12.8 Å². The Morgan fingerprint density at radius 2 is 1.89 bits per heavy atom. The van der Waals surface area contributed by atoms with Crippen LogP contribution in [0.1, 0.15) is 23.8 Å². The van der Waals surface area contributed by atoms with E-state index < -0.39 is 11.6 Å². The van der Waals surface area contributed by atoms with E-state index in [1.807, 2.05) is 0 Å². The molecule has 1 aromatic heterocycles. The minimum absolute atomic E-state index is 0.283. The van der Waals surface area contributed by atoms with Crippen LogP contribution in [0.15, 0.2) is 22.6 Å². The van der Waals surface area contributed by atoms with Crippen molar-refractivity contribution in [2.24, 2.45) is 0 Å². The molecule has 0 aliphatic heterocycles. The van der Waals surface area contributed by atoms with Gasteiger partial charge in [-0.1, -0.05) is 6.07 Å². The third kappa shape index (κ3) is 3.26. The molecule has 96 valence electrons. The Kier molecular flexibility index (Phi) is 4.25. The molecule has 0 aliphatic carbocycles. The molecule has 2 aromatic rings. The lowest BCUT2D eigenvalue weighted by Gasteiger charge is -1.98. The van der Waals surface area contributed by atoms with Crippen molar-refractivity contribution in [2.45, 2.75) is 19.3 Å². The summed E-state index contributed by atoms with van der Waals surface area (Å²) in [6, 6.07) is 3.69. The minimum atomic E-state index is -0.880. The normalized spacial score (nSPS) is 10.8. The second kappa shape index (κ2) is 5.91. The maximum absolute atomic E-state index is 13.0. The fourth-order valence-corrected chi connectivity index (χ4v) is 1.64. The average Bonchev–Trinajstić information content (AvgIpc) is 2.79. The summed E-state index contributed by atoms with van der Waals surface area (Å²) < 4.78 is 31.1. The van der Waals surface area contributed by atoms with Crippen LogP contribution in [0, 0.1) is 11.6 Å². The van der Waals surface area contributed by atoms with Gasteiger partial charge in [0, 0.05) is 12.3 Å². The average molecular weight is 273 g/mol. The molecular weight excluding hydrogens is 262 g/mol. The topological polar surface area (TPSA) is 38.9 Å². The van der Waals surface area contributed by atoms with Crippen molar-refractivity contribution in [1.29, 1.82) is 0 Å². The van der Waals surface area contributed by atoms with E-state index >= 15 is 0 Å². The van der Waals surface area contributed by atoms with Gasteiger partial charge in [0.1, 0.15) is 0 Å².